The smallest absolute Gasteiger partial charge is 0.235 e. The van der Waals surface area contributed by atoms with Gasteiger partial charge in [-0.05, 0) is 22.0 Å². The molecule has 2 amide bonds. The minimum Gasteiger partial charge on any atom is -0.397 e. The van der Waals surface area contributed by atoms with E-state index in [4.69, 9.17) is 5.73 Å². The van der Waals surface area contributed by atoms with Crippen LogP contribution in [0.2, 0.25) is 0 Å². The number of pyridine rings is 1. The third-order valence-electron chi connectivity index (χ3n) is 2.11. The molecule has 0 saturated carbocycles. The number of aromatic nitrogens is 1. The Hall–Kier alpha value is -1.43. The van der Waals surface area contributed by atoms with Crippen LogP contribution in [-0.4, -0.2) is 16.8 Å². The third kappa shape index (κ3) is 1.72. The second kappa shape index (κ2) is 3.62. The maximum atomic E-state index is 11.4. The van der Waals surface area contributed by atoms with Gasteiger partial charge >= 0.3 is 0 Å². The van der Waals surface area contributed by atoms with Crippen molar-refractivity contribution in [1.29, 1.82) is 0 Å². The molecular weight excluding hydrogens is 262 g/mol. The molecule has 2 heterocycles. The molecule has 1 aliphatic rings. The van der Waals surface area contributed by atoms with Gasteiger partial charge in [0.2, 0.25) is 11.8 Å². The van der Waals surface area contributed by atoms with Gasteiger partial charge in [-0.25, -0.2) is 9.88 Å². The van der Waals surface area contributed by atoms with E-state index in [0.717, 1.165) is 4.90 Å². The number of carbonyl (C=O) groups is 2. The van der Waals surface area contributed by atoms with Crippen molar-refractivity contribution in [3.8, 4) is 0 Å². The Morgan fingerprint density at radius 1 is 1.33 bits per heavy atom. The molecule has 2 rings (SSSR count). The topological polar surface area (TPSA) is 76.3 Å². The third-order valence-corrected chi connectivity index (χ3v) is 2.69. The van der Waals surface area contributed by atoms with Crippen molar-refractivity contribution >= 4 is 39.2 Å². The van der Waals surface area contributed by atoms with Gasteiger partial charge in [-0.1, -0.05) is 0 Å². The molecular formula is C9H8BrN3O2. The Labute approximate surface area is 94.4 Å². The maximum absolute atomic E-state index is 11.4. The van der Waals surface area contributed by atoms with E-state index < -0.39 is 0 Å². The van der Waals surface area contributed by atoms with Gasteiger partial charge < -0.3 is 5.73 Å². The highest BCUT2D eigenvalue weighted by Gasteiger charge is 2.32. The minimum absolute atomic E-state index is 0.224. The second-order valence-electron chi connectivity index (χ2n) is 3.20. The number of amides is 2. The number of anilines is 2. The summed E-state index contributed by atoms with van der Waals surface area (Å²) in [6, 6.07) is 1.61. The van der Waals surface area contributed by atoms with Crippen LogP contribution in [-0.2, 0) is 9.59 Å². The summed E-state index contributed by atoms with van der Waals surface area (Å²) >= 11 is 3.22. The first kappa shape index (κ1) is 10.1. The fourth-order valence-corrected chi connectivity index (χ4v) is 1.97. The molecule has 0 atom stereocenters. The molecule has 0 aromatic carbocycles. The highest BCUT2D eigenvalue weighted by Crippen LogP contribution is 2.29. The van der Waals surface area contributed by atoms with Gasteiger partial charge in [0.05, 0.1) is 16.4 Å². The van der Waals surface area contributed by atoms with Gasteiger partial charge in [0.25, 0.3) is 0 Å². The molecule has 5 nitrogen and oxygen atoms in total. The monoisotopic (exact) mass is 269 g/mol. The predicted octanol–water partition coefficient (Wildman–Crippen LogP) is 1.08. The van der Waals surface area contributed by atoms with Crippen LogP contribution in [0.15, 0.2) is 16.7 Å². The number of hydrogen-bond acceptors (Lipinski definition) is 4. The zero-order valence-corrected chi connectivity index (χ0v) is 9.32. The summed E-state index contributed by atoms with van der Waals surface area (Å²) in [5.41, 5.74) is 5.99. The summed E-state index contributed by atoms with van der Waals surface area (Å²) < 4.78 is 0.547. The minimum atomic E-state index is -0.224. The highest BCUT2D eigenvalue weighted by molar-refractivity contribution is 9.10. The van der Waals surface area contributed by atoms with Crippen LogP contribution in [0.4, 0.5) is 11.5 Å². The number of nitrogen functional groups attached to an aromatic ring is 1. The Morgan fingerprint density at radius 3 is 2.47 bits per heavy atom. The Bertz CT molecular complexity index is 431. The molecule has 15 heavy (non-hydrogen) atoms. The highest BCUT2D eigenvalue weighted by atomic mass is 79.9. The van der Waals surface area contributed by atoms with E-state index in [2.05, 4.69) is 20.9 Å². The molecule has 2 N–H and O–H groups in total. The summed E-state index contributed by atoms with van der Waals surface area (Å²) in [5, 5.41) is 0. The van der Waals surface area contributed by atoms with Crippen LogP contribution in [0.3, 0.4) is 0 Å². The van der Waals surface area contributed by atoms with E-state index in [1.54, 1.807) is 6.07 Å². The molecule has 0 aliphatic carbocycles. The standard InChI is InChI=1S/C9H8BrN3O2/c10-6-3-5(11)4-12-9(6)13-7(14)1-2-8(13)15/h3-4H,1-2,11H2. The molecule has 0 bridgehead atoms. The van der Waals surface area contributed by atoms with Crippen molar-refractivity contribution in [1.82, 2.24) is 4.98 Å². The predicted molar refractivity (Wildman–Crippen MR) is 58.1 cm³/mol. The van der Waals surface area contributed by atoms with Crippen LogP contribution in [0, 0.1) is 0 Å². The van der Waals surface area contributed by atoms with Gasteiger partial charge in [0, 0.05) is 12.8 Å². The molecule has 1 aromatic rings. The SMILES string of the molecule is Nc1cnc(N2C(=O)CCC2=O)c(Br)c1. The van der Waals surface area contributed by atoms with Crippen molar-refractivity contribution in [2.75, 3.05) is 10.6 Å². The summed E-state index contributed by atoms with van der Waals surface area (Å²) in [6.45, 7) is 0. The van der Waals surface area contributed by atoms with Gasteiger partial charge in [-0.2, -0.15) is 0 Å². The van der Waals surface area contributed by atoms with Gasteiger partial charge in [-0.15, -0.1) is 0 Å². The number of carbonyl (C=O) groups excluding carboxylic acids is 2. The van der Waals surface area contributed by atoms with Crippen LogP contribution in [0.5, 0.6) is 0 Å². The van der Waals surface area contributed by atoms with E-state index in [1.807, 2.05) is 0 Å². The normalized spacial score (nSPS) is 16.2. The lowest BCUT2D eigenvalue weighted by atomic mass is 10.4. The number of rotatable bonds is 1. The van der Waals surface area contributed by atoms with Crippen molar-refractivity contribution < 1.29 is 9.59 Å². The largest absolute Gasteiger partial charge is 0.397 e. The van der Waals surface area contributed by atoms with Gasteiger partial charge in [-0.3, -0.25) is 9.59 Å². The number of nitrogens with zero attached hydrogens (tertiary/aromatic N) is 2. The lowest BCUT2D eigenvalue weighted by Crippen LogP contribution is -2.29. The molecule has 0 spiro atoms. The quantitative estimate of drug-likeness (QED) is 0.775. The van der Waals surface area contributed by atoms with Crippen LogP contribution in [0.25, 0.3) is 0 Å². The number of nitrogens with two attached hydrogens (primary N) is 1. The molecule has 1 aliphatic heterocycles. The van der Waals surface area contributed by atoms with Crippen LogP contribution in [0.1, 0.15) is 12.8 Å². The van der Waals surface area contributed by atoms with Crippen molar-refractivity contribution in [3.05, 3.63) is 16.7 Å². The maximum Gasteiger partial charge on any atom is 0.235 e. The Balaban J connectivity index is 2.45. The lowest BCUT2D eigenvalue weighted by Gasteiger charge is -2.14. The van der Waals surface area contributed by atoms with Gasteiger partial charge in [0.1, 0.15) is 0 Å². The van der Waals surface area contributed by atoms with Crippen molar-refractivity contribution in [3.63, 3.8) is 0 Å². The second-order valence-corrected chi connectivity index (χ2v) is 4.05. The van der Waals surface area contributed by atoms with E-state index in [9.17, 15) is 9.59 Å². The molecule has 78 valence electrons. The summed E-state index contributed by atoms with van der Waals surface area (Å²) in [7, 11) is 0. The first-order valence-corrected chi connectivity index (χ1v) is 5.15. The molecule has 0 unspecified atom stereocenters. The summed E-state index contributed by atoms with van der Waals surface area (Å²) in [6.07, 6.45) is 1.91. The first-order chi connectivity index (χ1) is 7.09. The lowest BCUT2D eigenvalue weighted by molar-refractivity contribution is -0.121. The number of imide groups is 1. The van der Waals surface area contributed by atoms with Crippen molar-refractivity contribution in [2.24, 2.45) is 0 Å². The van der Waals surface area contributed by atoms with Crippen LogP contribution < -0.4 is 10.6 Å². The van der Waals surface area contributed by atoms with E-state index in [-0.39, 0.29) is 24.7 Å². The average Bonchev–Trinajstić information content (AvgIpc) is 2.48. The fourth-order valence-electron chi connectivity index (χ4n) is 1.42. The van der Waals surface area contributed by atoms with E-state index >= 15 is 0 Å². The van der Waals surface area contributed by atoms with Gasteiger partial charge in [0.15, 0.2) is 5.82 Å². The zero-order valence-electron chi connectivity index (χ0n) is 7.74. The molecule has 1 saturated heterocycles. The molecule has 1 aromatic heterocycles. The summed E-state index contributed by atoms with van der Waals surface area (Å²) in [4.78, 5) is 27.9. The first-order valence-electron chi connectivity index (χ1n) is 4.36. The van der Waals surface area contributed by atoms with Crippen molar-refractivity contribution in [2.45, 2.75) is 12.8 Å². The van der Waals surface area contributed by atoms with Crippen LogP contribution >= 0.6 is 15.9 Å². The fraction of sp³-hybridized carbons (Fsp3) is 0.222. The molecule has 0 radical (unpaired) electrons. The number of hydrogen-bond donors (Lipinski definition) is 1. The van der Waals surface area contributed by atoms with E-state index in [1.165, 1.54) is 6.20 Å². The Kier molecular flexibility index (Phi) is 2.44. The molecule has 6 heteroatoms. The number of halogens is 1. The van der Waals surface area contributed by atoms with E-state index in [0.29, 0.717) is 16.0 Å². The zero-order chi connectivity index (χ0) is 11.0. The Morgan fingerprint density at radius 2 is 1.93 bits per heavy atom. The summed E-state index contributed by atoms with van der Waals surface area (Å²) in [5.74, 6) is -0.132. The molecule has 1 fully saturated rings. The average molecular weight is 270 g/mol.